The minimum absolute atomic E-state index is 0.0136. The van der Waals surface area contributed by atoms with Gasteiger partial charge in [0.2, 0.25) is 0 Å². The van der Waals surface area contributed by atoms with Crippen molar-refractivity contribution in [2.45, 2.75) is 32.7 Å². The summed E-state index contributed by atoms with van der Waals surface area (Å²) in [5, 5.41) is 7.19. The van der Waals surface area contributed by atoms with E-state index < -0.39 is 12.1 Å². The fourth-order valence-corrected chi connectivity index (χ4v) is 5.37. The zero-order valence-electron chi connectivity index (χ0n) is 20.8. The molecule has 0 saturated heterocycles. The third kappa shape index (κ3) is 4.91. The third-order valence-corrected chi connectivity index (χ3v) is 7.46. The molecule has 1 aliphatic heterocycles. The minimum atomic E-state index is -0.663. The Morgan fingerprint density at radius 3 is 2.46 bits per heavy atom. The van der Waals surface area contributed by atoms with Crippen LogP contribution in [0.4, 0.5) is 21.9 Å². The van der Waals surface area contributed by atoms with Crippen LogP contribution < -0.4 is 20.3 Å². The molecule has 1 atom stereocenters. The zero-order valence-corrected chi connectivity index (χ0v) is 22.3. The number of fused-ring (bicyclic) bond motifs is 1. The van der Waals surface area contributed by atoms with Crippen LogP contribution in [0.1, 0.15) is 38.3 Å². The number of urea groups is 1. The van der Waals surface area contributed by atoms with Gasteiger partial charge in [0.15, 0.2) is 5.78 Å². The van der Waals surface area contributed by atoms with Crippen LogP contribution in [0.25, 0.3) is 0 Å². The van der Waals surface area contributed by atoms with E-state index in [1.54, 1.807) is 30.2 Å². The number of methoxy groups -OCH3 is 1. The van der Waals surface area contributed by atoms with E-state index in [1.807, 2.05) is 48.5 Å². The second kappa shape index (κ2) is 9.77. The van der Waals surface area contributed by atoms with Gasteiger partial charge in [0, 0.05) is 23.4 Å². The highest BCUT2D eigenvalue weighted by atomic mass is 35.5. The standard InChI is InChI=1S/C29H27Cl2N3O3/c1-29(2)15-23-26(25(35)16-29)27(17-8-11-19(37-3)12-9-17)34(24-7-5-4-6-22(24)33-23)28(36)32-18-10-13-20(30)21(31)14-18/h4-14,27,33H,15-16H2,1-3H3,(H,32,36)/t27-/m1/s1. The van der Waals surface area contributed by atoms with E-state index in [9.17, 15) is 9.59 Å². The van der Waals surface area contributed by atoms with E-state index in [0.717, 1.165) is 16.9 Å². The molecule has 0 saturated carbocycles. The number of para-hydroxylation sites is 2. The number of carbonyl (C=O) groups is 2. The van der Waals surface area contributed by atoms with Gasteiger partial charge in [0.25, 0.3) is 0 Å². The molecule has 0 aromatic heterocycles. The average molecular weight is 536 g/mol. The van der Waals surface area contributed by atoms with Crippen molar-refractivity contribution in [1.82, 2.24) is 0 Å². The minimum Gasteiger partial charge on any atom is -0.497 e. The van der Waals surface area contributed by atoms with Gasteiger partial charge in [-0.15, -0.1) is 0 Å². The van der Waals surface area contributed by atoms with Crippen molar-refractivity contribution in [1.29, 1.82) is 0 Å². The summed E-state index contributed by atoms with van der Waals surface area (Å²) in [5.41, 5.74) is 3.91. The van der Waals surface area contributed by atoms with Crippen LogP contribution in [-0.4, -0.2) is 18.9 Å². The van der Waals surface area contributed by atoms with E-state index in [2.05, 4.69) is 24.5 Å². The maximum atomic E-state index is 14.0. The van der Waals surface area contributed by atoms with Crippen LogP contribution in [0.3, 0.4) is 0 Å². The molecule has 0 radical (unpaired) electrons. The van der Waals surface area contributed by atoms with Crippen molar-refractivity contribution in [2.75, 3.05) is 22.6 Å². The van der Waals surface area contributed by atoms with Crippen LogP contribution in [0, 0.1) is 5.41 Å². The second-order valence-electron chi connectivity index (χ2n) is 10.1. The lowest BCUT2D eigenvalue weighted by atomic mass is 9.73. The molecule has 0 unspecified atom stereocenters. The Morgan fingerprint density at radius 2 is 1.76 bits per heavy atom. The summed E-state index contributed by atoms with van der Waals surface area (Å²) in [4.78, 5) is 29.4. The van der Waals surface area contributed by atoms with Crippen LogP contribution >= 0.6 is 23.2 Å². The highest BCUT2D eigenvalue weighted by Gasteiger charge is 2.43. The molecule has 2 N–H and O–H groups in total. The average Bonchev–Trinajstić information content (AvgIpc) is 3.00. The number of Topliss-reactive ketones (excluding diaryl/α,β-unsaturated/α-hetero) is 1. The summed E-state index contributed by atoms with van der Waals surface area (Å²) in [5.74, 6) is 0.702. The lowest BCUT2D eigenvalue weighted by Gasteiger charge is -2.37. The van der Waals surface area contributed by atoms with E-state index in [-0.39, 0.29) is 11.2 Å². The van der Waals surface area contributed by atoms with Gasteiger partial charge in [-0.05, 0) is 59.9 Å². The van der Waals surface area contributed by atoms with Gasteiger partial charge in [-0.2, -0.15) is 0 Å². The number of allylic oxidation sites excluding steroid dienone is 1. The van der Waals surface area contributed by atoms with Crippen LogP contribution in [-0.2, 0) is 4.79 Å². The van der Waals surface area contributed by atoms with Gasteiger partial charge in [0.05, 0.1) is 34.6 Å². The molecule has 8 heteroatoms. The van der Waals surface area contributed by atoms with Crippen molar-refractivity contribution in [2.24, 2.45) is 5.41 Å². The molecule has 6 nitrogen and oxygen atoms in total. The van der Waals surface area contributed by atoms with E-state index >= 15 is 0 Å². The Kier molecular flexibility index (Phi) is 6.65. The summed E-state index contributed by atoms with van der Waals surface area (Å²) in [6, 6.07) is 18.9. The molecule has 0 fully saturated rings. The number of anilines is 3. The Bertz CT molecular complexity index is 1420. The molecule has 1 heterocycles. The van der Waals surface area contributed by atoms with Crippen LogP contribution in [0.5, 0.6) is 5.75 Å². The summed E-state index contributed by atoms with van der Waals surface area (Å²) >= 11 is 12.3. The smallest absolute Gasteiger partial charge is 0.327 e. The molecule has 37 heavy (non-hydrogen) atoms. The molecular formula is C29H27Cl2N3O3. The van der Waals surface area contributed by atoms with Gasteiger partial charge >= 0.3 is 6.03 Å². The quantitative estimate of drug-likeness (QED) is 0.358. The number of ether oxygens (including phenoxy) is 1. The number of ketones is 1. The number of hydrogen-bond acceptors (Lipinski definition) is 4. The molecule has 2 amide bonds. The predicted molar refractivity (Wildman–Crippen MR) is 149 cm³/mol. The largest absolute Gasteiger partial charge is 0.497 e. The first kappa shape index (κ1) is 25.2. The first-order valence-electron chi connectivity index (χ1n) is 12.0. The highest BCUT2D eigenvalue weighted by molar-refractivity contribution is 6.42. The summed E-state index contributed by atoms with van der Waals surface area (Å²) < 4.78 is 5.36. The molecule has 3 aromatic rings. The predicted octanol–water partition coefficient (Wildman–Crippen LogP) is 7.85. The Labute approximate surface area is 226 Å². The first-order valence-corrected chi connectivity index (χ1v) is 12.7. The number of rotatable bonds is 3. The van der Waals surface area contributed by atoms with E-state index in [1.165, 1.54) is 0 Å². The Morgan fingerprint density at radius 1 is 1.03 bits per heavy atom. The summed E-state index contributed by atoms with van der Waals surface area (Å²) in [7, 11) is 1.60. The topological polar surface area (TPSA) is 70.7 Å². The van der Waals surface area contributed by atoms with Gasteiger partial charge in [-0.3, -0.25) is 9.69 Å². The number of carbonyl (C=O) groups excluding carboxylic acids is 2. The number of amides is 2. The maximum Gasteiger partial charge on any atom is 0.327 e. The molecule has 5 rings (SSSR count). The molecule has 190 valence electrons. The number of halogens is 2. The Balaban J connectivity index is 1.70. The van der Waals surface area contributed by atoms with Gasteiger partial charge < -0.3 is 15.4 Å². The second-order valence-corrected chi connectivity index (χ2v) is 10.9. The van der Waals surface area contributed by atoms with Gasteiger partial charge in [-0.25, -0.2) is 4.79 Å². The van der Waals surface area contributed by atoms with Crippen molar-refractivity contribution in [3.8, 4) is 5.75 Å². The van der Waals surface area contributed by atoms with Crippen molar-refractivity contribution < 1.29 is 14.3 Å². The Hall–Kier alpha value is -3.48. The van der Waals surface area contributed by atoms with Crippen LogP contribution in [0.15, 0.2) is 78.0 Å². The van der Waals surface area contributed by atoms with Crippen molar-refractivity contribution in [3.05, 3.63) is 93.6 Å². The molecular weight excluding hydrogens is 509 g/mol. The summed E-state index contributed by atoms with van der Waals surface area (Å²) in [6.45, 7) is 4.18. The maximum absolute atomic E-state index is 14.0. The number of nitrogens with zero attached hydrogens (tertiary/aromatic N) is 1. The number of benzene rings is 3. The van der Waals surface area contributed by atoms with Gasteiger partial charge in [0.1, 0.15) is 5.75 Å². The normalized spacial score (nSPS) is 18.4. The van der Waals surface area contributed by atoms with Crippen molar-refractivity contribution >= 4 is 52.1 Å². The van der Waals surface area contributed by atoms with Gasteiger partial charge in [-0.1, -0.05) is 61.3 Å². The highest BCUT2D eigenvalue weighted by Crippen LogP contribution is 2.48. The van der Waals surface area contributed by atoms with Crippen LogP contribution in [0.2, 0.25) is 10.0 Å². The summed E-state index contributed by atoms with van der Waals surface area (Å²) in [6.07, 6.45) is 1.07. The fourth-order valence-electron chi connectivity index (χ4n) is 5.07. The molecule has 0 spiro atoms. The van der Waals surface area contributed by atoms with E-state index in [4.69, 9.17) is 27.9 Å². The molecule has 3 aromatic carbocycles. The zero-order chi connectivity index (χ0) is 26.3. The third-order valence-electron chi connectivity index (χ3n) is 6.72. The molecule has 1 aliphatic carbocycles. The van der Waals surface area contributed by atoms with Crippen molar-refractivity contribution in [3.63, 3.8) is 0 Å². The lowest BCUT2D eigenvalue weighted by Crippen LogP contribution is -2.41. The van der Waals surface area contributed by atoms with E-state index in [0.29, 0.717) is 45.6 Å². The SMILES string of the molecule is COc1ccc([C@@H]2C3=C(CC(C)(C)CC3=O)Nc3ccccc3N2C(=O)Nc2ccc(Cl)c(Cl)c2)cc1. The first-order chi connectivity index (χ1) is 17.7. The molecule has 2 aliphatic rings. The number of nitrogens with one attached hydrogen (secondary N) is 2. The molecule has 0 bridgehead atoms. The monoisotopic (exact) mass is 535 g/mol. The fraction of sp³-hybridized carbons (Fsp3) is 0.241. The number of hydrogen-bond donors (Lipinski definition) is 2. The lowest BCUT2D eigenvalue weighted by molar-refractivity contribution is -0.118.